The molecular weight excluding hydrogens is 276 g/mol. The maximum absolute atomic E-state index is 12.8. The lowest BCUT2D eigenvalue weighted by Crippen LogP contribution is -2.34. The van der Waals surface area contributed by atoms with E-state index in [2.05, 4.69) is 0 Å². The molecule has 0 spiro atoms. The van der Waals surface area contributed by atoms with E-state index in [4.69, 9.17) is 0 Å². The van der Waals surface area contributed by atoms with Gasteiger partial charge in [0, 0.05) is 32.0 Å². The van der Waals surface area contributed by atoms with Crippen molar-refractivity contribution in [3.8, 4) is 0 Å². The number of nitrogens with zero attached hydrogens (tertiary/aromatic N) is 2. The first-order valence-corrected chi connectivity index (χ1v) is 8.71. The highest BCUT2D eigenvalue weighted by molar-refractivity contribution is 7.89. The summed E-state index contributed by atoms with van der Waals surface area (Å²) in [7, 11) is -1.66. The second kappa shape index (κ2) is 5.16. The molecule has 112 valence electrons. The van der Waals surface area contributed by atoms with Gasteiger partial charge in [-0.15, -0.1) is 0 Å². The summed E-state index contributed by atoms with van der Waals surface area (Å²) < 4.78 is 28.9. The van der Waals surface area contributed by atoms with Gasteiger partial charge in [-0.2, -0.15) is 4.31 Å². The van der Waals surface area contributed by atoms with Crippen molar-refractivity contribution >= 4 is 10.0 Å². The Morgan fingerprint density at radius 2 is 1.80 bits per heavy atom. The molecule has 0 saturated heterocycles. The summed E-state index contributed by atoms with van der Waals surface area (Å²) in [5.41, 5.74) is 0.626. The zero-order valence-electron chi connectivity index (χ0n) is 11.8. The van der Waals surface area contributed by atoms with Crippen LogP contribution in [0, 0.1) is 11.8 Å². The smallest absolute Gasteiger partial charge is 0.244 e. The molecule has 2 aliphatic rings. The number of aromatic nitrogens is 1. The van der Waals surface area contributed by atoms with E-state index in [1.807, 2.05) is 0 Å². The monoisotopic (exact) mass is 298 g/mol. The van der Waals surface area contributed by atoms with Gasteiger partial charge in [0.15, 0.2) is 0 Å². The van der Waals surface area contributed by atoms with E-state index in [0.29, 0.717) is 35.5 Å². The maximum Gasteiger partial charge on any atom is 0.244 e. The average Bonchev–Trinajstić information content (AvgIpc) is 3.30. The van der Waals surface area contributed by atoms with Gasteiger partial charge in [-0.25, -0.2) is 8.42 Å². The Bertz CT molecular complexity index is 572. The molecule has 3 rings (SSSR count). The van der Waals surface area contributed by atoms with E-state index in [1.165, 1.54) is 0 Å². The van der Waals surface area contributed by atoms with Crippen LogP contribution < -0.4 is 0 Å². The van der Waals surface area contributed by atoms with Crippen LogP contribution in [0.25, 0.3) is 0 Å². The Kier molecular flexibility index (Phi) is 3.64. The van der Waals surface area contributed by atoms with Gasteiger partial charge in [-0.3, -0.25) is 0 Å². The number of sulfonamides is 1. The van der Waals surface area contributed by atoms with Crippen LogP contribution in [0.1, 0.15) is 31.4 Å². The van der Waals surface area contributed by atoms with Crippen molar-refractivity contribution in [2.45, 2.75) is 37.2 Å². The molecule has 2 aliphatic carbocycles. The largest absolute Gasteiger partial charge is 0.390 e. The third-order valence-electron chi connectivity index (χ3n) is 4.20. The van der Waals surface area contributed by atoms with Gasteiger partial charge < -0.3 is 9.67 Å². The van der Waals surface area contributed by atoms with Gasteiger partial charge in [0.05, 0.1) is 6.61 Å². The fourth-order valence-corrected chi connectivity index (χ4v) is 4.16. The van der Waals surface area contributed by atoms with Gasteiger partial charge in [-0.1, -0.05) is 0 Å². The van der Waals surface area contributed by atoms with E-state index in [-0.39, 0.29) is 6.61 Å². The molecule has 0 amide bonds. The summed E-state index contributed by atoms with van der Waals surface area (Å²) in [6.45, 7) is 1.17. The molecule has 2 saturated carbocycles. The Hall–Kier alpha value is -0.850. The summed E-state index contributed by atoms with van der Waals surface area (Å²) in [6.07, 6.45) is 6.19. The summed E-state index contributed by atoms with van der Waals surface area (Å²) in [4.78, 5) is 0.311. The molecule has 2 fully saturated rings. The van der Waals surface area contributed by atoms with Crippen LogP contribution in [0.4, 0.5) is 0 Å². The third-order valence-corrected chi connectivity index (χ3v) is 6.00. The normalized spacial score (nSPS) is 19.8. The number of rotatable bonds is 7. The summed E-state index contributed by atoms with van der Waals surface area (Å²) in [6, 6.07) is 1.59. The number of aryl methyl sites for hydroxylation is 1. The summed E-state index contributed by atoms with van der Waals surface area (Å²) in [5, 5.41) is 9.22. The van der Waals surface area contributed by atoms with Crippen molar-refractivity contribution < 1.29 is 13.5 Å². The Morgan fingerprint density at radius 3 is 2.20 bits per heavy atom. The summed E-state index contributed by atoms with van der Waals surface area (Å²) >= 11 is 0. The van der Waals surface area contributed by atoms with Crippen molar-refractivity contribution in [3.05, 3.63) is 18.0 Å². The molecule has 20 heavy (non-hydrogen) atoms. The van der Waals surface area contributed by atoms with Crippen molar-refractivity contribution in [3.63, 3.8) is 0 Å². The minimum atomic E-state index is -3.42. The SMILES string of the molecule is Cn1cc(S(=O)(=O)N(CC2CC2)CC2CC2)cc1CO. The fourth-order valence-electron chi connectivity index (χ4n) is 2.47. The zero-order chi connectivity index (χ0) is 14.3. The highest BCUT2D eigenvalue weighted by atomic mass is 32.2. The van der Waals surface area contributed by atoms with Gasteiger partial charge in [0.1, 0.15) is 4.90 Å². The maximum atomic E-state index is 12.8. The standard InChI is InChI=1S/C14H22N2O3S/c1-15-9-14(6-13(15)10-17)20(18,19)16(7-11-2-3-11)8-12-4-5-12/h6,9,11-12,17H,2-5,7-8,10H2,1H3. The predicted molar refractivity (Wildman–Crippen MR) is 75.5 cm³/mol. The first kappa shape index (κ1) is 14.1. The number of aliphatic hydroxyl groups is 1. The van der Waals surface area contributed by atoms with Crippen molar-refractivity contribution in [1.82, 2.24) is 8.87 Å². The molecule has 6 heteroatoms. The molecule has 0 radical (unpaired) electrons. The fraction of sp³-hybridized carbons (Fsp3) is 0.714. The predicted octanol–water partition coefficient (Wildman–Crippen LogP) is 1.33. The highest BCUT2D eigenvalue weighted by Crippen LogP contribution is 2.36. The van der Waals surface area contributed by atoms with Crippen LogP contribution in [0.15, 0.2) is 17.2 Å². The van der Waals surface area contributed by atoms with Gasteiger partial charge in [0.2, 0.25) is 10.0 Å². The topological polar surface area (TPSA) is 62.5 Å². The molecule has 1 aromatic heterocycles. The molecule has 0 aromatic carbocycles. The van der Waals surface area contributed by atoms with Crippen LogP contribution >= 0.6 is 0 Å². The third kappa shape index (κ3) is 2.92. The molecular formula is C14H22N2O3S. The summed E-state index contributed by atoms with van der Waals surface area (Å²) in [5.74, 6) is 1.09. The number of hydrogen-bond acceptors (Lipinski definition) is 3. The molecule has 0 bridgehead atoms. The second-order valence-electron chi connectivity index (χ2n) is 6.14. The van der Waals surface area contributed by atoms with Gasteiger partial charge in [0.25, 0.3) is 0 Å². The number of hydrogen-bond donors (Lipinski definition) is 1. The molecule has 5 nitrogen and oxygen atoms in total. The van der Waals surface area contributed by atoms with E-state index in [0.717, 1.165) is 25.7 Å². The first-order chi connectivity index (χ1) is 9.50. The lowest BCUT2D eigenvalue weighted by Gasteiger charge is -2.21. The minimum Gasteiger partial charge on any atom is -0.390 e. The van der Waals surface area contributed by atoms with Crippen molar-refractivity contribution in [2.24, 2.45) is 18.9 Å². The number of aliphatic hydroxyl groups excluding tert-OH is 1. The minimum absolute atomic E-state index is 0.142. The average molecular weight is 298 g/mol. The Morgan fingerprint density at radius 1 is 1.25 bits per heavy atom. The van der Waals surface area contributed by atoms with Crippen LogP contribution in [0.5, 0.6) is 0 Å². The molecule has 0 atom stereocenters. The van der Waals surface area contributed by atoms with E-state index in [1.54, 1.807) is 28.2 Å². The van der Waals surface area contributed by atoms with Crippen molar-refractivity contribution in [2.75, 3.05) is 13.1 Å². The zero-order valence-corrected chi connectivity index (χ0v) is 12.6. The molecule has 1 N–H and O–H groups in total. The van der Waals surface area contributed by atoms with E-state index >= 15 is 0 Å². The molecule has 0 aliphatic heterocycles. The molecule has 1 aromatic rings. The van der Waals surface area contributed by atoms with E-state index in [9.17, 15) is 13.5 Å². The van der Waals surface area contributed by atoms with E-state index < -0.39 is 10.0 Å². The first-order valence-electron chi connectivity index (χ1n) is 7.27. The van der Waals surface area contributed by atoms with Crippen LogP contribution in [0.3, 0.4) is 0 Å². The Labute approximate surface area is 120 Å². The van der Waals surface area contributed by atoms with Crippen molar-refractivity contribution in [1.29, 1.82) is 0 Å². The van der Waals surface area contributed by atoms with Gasteiger partial charge in [-0.05, 0) is 43.6 Å². The molecule has 1 heterocycles. The van der Waals surface area contributed by atoms with Crippen LogP contribution in [-0.2, 0) is 23.7 Å². The molecule has 0 unspecified atom stereocenters. The lowest BCUT2D eigenvalue weighted by molar-refractivity contribution is 0.272. The van der Waals surface area contributed by atoms with Gasteiger partial charge >= 0.3 is 0 Å². The quantitative estimate of drug-likeness (QED) is 0.826. The second-order valence-corrected chi connectivity index (χ2v) is 8.08. The highest BCUT2D eigenvalue weighted by Gasteiger charge is 2.36. The Balaban J connectivity index is 1.84. The van der Waals surface area contributed by atoms with Crippen LogP contribution in [0.2, 0.25) is 0 Å². The lowest BCUT2D eigenvalue weighted by atomic mass is 10.4. The van der Waals surface area contributed by atoms with Crippen LogP contribution in [-0.4, -0.2) is 35.5 Å².